The van der Waals surface area contributed by atoms with E-state index in [9.17, 15) is 4.79 Å². The minimum Gasteiger partial charge on any atom is -0.480 e. The average molecular weight is 216 g/mol. The van der Waals surface area contributed by atoms with E-state index in [1.807, 2.05) is 41.5 Å². The summed E-state index contributed by atoms with van der Waals surface area (Å²) in [6.45, 7) is 12.4. The molecule has 1 unspecified atom stereocenters. The molecule has 4 heteroatoms. The van der Waals surface area contributed by atoms with Crippen molar-refractivity contribution in [3.63, 3.8) is 0 Å². The second kappa shape index (κ2) is 4.94. The molecule has 1 atom stereocenters. The van der Waals surface area contributed by atoms with Crippen molar-refractivity contribution < 1.29 is 9.90 Å². The van der Waals surface area contributed by atoms with Gasteiger partial charge in [-0.1, -0.05) is 20.8 Å². The summed E-state index contributed by atoms with van der Waals surface area (Å²) in [6.07, 6.45) is 0. The molecular weight excluding hydrogens is 192 g/mol. The second-order valence-corrected chi connectivity index (χ2v) is 5.94. The Morgan fingerprint density at radius 3 is 1.93 bits per heavy atom. The Morgan fingerprint density at radius 2 is 1.67 bits per heavy atom. The Balaban J connectivity index is 4.17. The first-order chi connectivity index (χ1) is 6.54. The molecule has 4 nitrogen and oxygen atoms in total. The summed E-state index contributed by atoms with van der Waals surface area (Å²) in [5.74, 6) is -0.807. The summed E-state index contributed by atoms with van der Waals surface area (Å²) < 4.78 is 0. The summed E-state index contributed by atoms with van der Waals surface area (Å²) in [4.78, 5) is 11.0. The lowest BCUT2D eigenvalue weighted by molar-refractivity contribution is -0.142. The molecule has 3 N–H and O–H groups in total. The summed E-state index contributed by atoms with van der Waals surface area (Å²) in [7, 11) is 0. The van der Waals surface area contributed by atoms with Gasteiger partial charge < -0.3 is 5.11 Å². The third-order valence-electron chi connectivity index (χ3n) is 2.04. The van der Waals surface area contributed by atoms with E-state index in [-0.39, 0.29) is 11.0 Å². The van der Waals surface area contributed by atoms with Crippen LogP contribution >= 0.6 is 0 Å². The van der Waals surface area contributed by atoms with Crippen molar-refractivity contribution in [3.05, 3.63) is 0 Å². The lowest BCUT2D eigenvalue weighted by atomic mass is 9.87. The average Bonchev–Trinajstić information content (AvgIpc) is 1.92. The number of hydrogen-bond donors (Lipinski definition) is 3. The molecule has 0 rings (SSSR count). The quantitative estimate of drug-likeness (QED) is 0.622. The van der Waals surface area contributed by atoms with Crippen LogP contribution in [0.1, 0.15) is 41.5 Å². The van der Waals surface area contributed by atoms with Crippen LogP contribution in [0.5, 0.6) is 0 Å². The molecule has 0 radical (unpaired) electrons. The largest absolute Gasteiger partial charge is 0.480 e. The van der Waals surface area contributed by atoms with Crippen molar-refractivity contribution in [1.29, 1.82) is 0 Å². The SMILES string of the molecule is CC(C)(C)NCNC(C(=O)O)C(C)(C)C. The van der Waals surface area contributed by atoms with Crippen molar-refractivity contribution >= 4 is 5.97 Å². The Bertz CT molecular complexity index is 214. The number of carbonyl (C=O) groups is 1. The second-order valence-electron chi connectivity index (χ2n) is 5.94. The minimum atomic E-state index is -0.807. The third kappa shape index (κ3) is 6.47. The Kier molecular flexibility index (Phi) is 4.74. The molecule has 0 spiro atoms. The van der Waals surface area contributed by atoms with Crippen LogP contribution in [0.25, 0.3) is 0 Å². The molecule has 0 heterocycles. The molecule has 0 aromatic heterocycles. The zero-order chi connectivity index (χ0) is 12.3. The number of rotatable bonds is 4. The fourth-order valence-corrected chi connectivity index (χ4v) is 1.18. The van der Waals surface area contributed by atoms with Crippen LogP contribution < -0.4 is 10.6 Å². The van der Waals surface area contributed by atoms with Crippen molar-refractivity contribution in [1.82, 2.24) is 10.6 Å². The summed E-state index contributed by atoms with van der Waals surface area (Å²) >= 11 is 0. The molecule has 0 bridgehead atoms. The summed E-state index contributed by atoms with van der Waals surface area (Å²) in [5, 5.41) is 15.3. The molecule has 0 aromatic carbocycles. The molecule has 0 fully saturated rings. The van der Waals surface area contributed by atoms with Crippen molar-refractivity contribution in [2.75, 3.05) is 6.67 Å². The monoisotopic (exact) mass is 216 g/mol. The Hall–Kier alpha value is -0.610. The number of carboxylic acid groups (broad SMARTS) is 1. The number of carboxylic acids is 1. The Labute approximate surface area is 92.4 Å². The predicted octanol–water partition coefficient (Wildman–Crippen LogP) is 1.42. The van der Waals surface area contributed by atoms with Crippen LogP contribution in [0.4, 0.5) is 0 Å². The number of aliphatic carboxylic acids is 1. The molecule has 0 saturated heterocycles. The van der Waals surface area contributed by atoms with Crippen molar-refractivity contribution in [2.45, 2.75) is 53.1 Å². The van der Waals surface area contributed by atoms with Gasteiger partial charge in [-0.15, -0.1) is 0 Å². The fourth-order valence-electron chi connectivity index (χ4n) is 1.18. The Morgan fingerprint density at radius 1 is 1.20 bits per heavy atom. The molecule has 0 amide bonds. The highest BCUT2D eigenvalue weighted by molar-refractivity contribution is 5.74. The lowest BCUT2D eigenvalue weighted by Gasteiger charge is -2.30. The lowest BCUT2D eigenvalue weighted by Crippen LogP contribution is -2.52. The predicted molar refractivity (Wildman–Crippen MR) is 61.8 cm³/mol. The summed E-state index contributed by atoms with van der Waals surface area (Å²) in [5.41, 5.74) is -0.292. The van der Waals surface area contributed by atoms with Gasteiger partial charge in [-0.2, -0.15) is 0 Å². The number of hydrogen-bond acceptors (Lipinski definition) is 3. The molecule has 0 saturated carbocycles. The highest BCUT2D eigenvalue weighted by Crippen LogP contribution is 2.19. The van der Waals surface area contributed by atoms with E-state index in [0.717, 1.165) is 0 Å². The van der Waals surface area contributed by atoms with Gasteiger partial charge in [-0.25, -0.2) is 0 Å². The maximum absolute atomic E-state index is 11.0. The first kappa shape index (κ1) is 14.4. The van der Waals surface area contributed by atoms with Crippen LogP contribution in [0.3, 0.4) is 0 Å². The van der Waals surface area contributed by atoms with E-state index in [1.165, 1.54) is 0 Å². The zero-order valence-corrected chi connectivity index (χ0v) is 10.6. The number of nitrogens with one attached hydrogen (secondary N) is 2. The maximum atomic E-state index is 11.0. The molecule has 90 valence electrons. The first-order valence-electron chi connectivity index (χ1n) is 5.25. The minimum absolute atomic E-state index is 0.00601. The molecule has 0 aliphatic heterocycles. The van der Waals surface area contributed by atoms with Gasteiger partial charge in [-0.05, 0) is 26.2 Å². The van der Waals surface area contributed by atoms with Gasteiger partial charge in [0, 0.05) is 12.2 Å². The fraction of sp³-hybridized carbons (Fsp3) is 0.909. The highest BCUT2D eigenvalue weighted by atomic mass is 16.4. The van der Waals surface area contributed by atoms with Crippen molar-refractivity contribution in [3.8, 4) is 0 Å². The highest BCUT2D eigenvalue weighted by Gasteiger charge is 2.30. The van der Waals surface area contributed by atoms with Gasteiger partial charge in [0.05, 0.1) is 0 Å². The van der Waals surface area contributed by atoms with Crippen LogP contribution in [-0.4, -0.2) is 29.3 Å². The molecule has 0 aliphatic rings. The molecule has 15 heavy (non-hydrogen) atoms. The van der Waals surface area contributed by atoms with Gasteiger partial charge in [0.15, 0.2) is 0 Å². The van der Waals surface area contributed by atoms with Gasteiger partial charge in [0.25, 0.3) is 0 Å². The van der Waals surface area contributed by atoms with Crippen LogP contribution in [0, 0.1) is 5.41 Å². The smallest absolute Gasteiger partial charge is 0.321 e. The normalized spacial score (nSPS) is 15.1. The van der Waals surface area contributed by atoms with Gasteiger partial charge in [0.2, 0.25) is 0 Å². The topological polar surface area (TPSA) is 61.4 Å². The van der Waals surface area contributed by atoms with Gasteiger partial charge in [0.1, 0.15) is 6.04 Å². The first-order valence-corrected chi connectivity index (χ1v) is 5.25. The van der Waals surface area contributed by atoms with Gasteiger partial charge >= 0.3 is 5.97 Å². The van der Waals surface area contributed by atoms with E-state index in [0.29, 0.717) is 6.67 Å². The van der Waals surface area contributed by atoms with Crippen LogP contribution in [0.2, 0.25) is 0 Å². The van der Waals surface area contributed by atoms with Crippen molar-refractivity contribution in [2.24, 2.45) is 5.41 Å². The van der Waals surface area contributed by atoms with E-state index in [1.54, 1.807) is 0 Å². The van der Waals surface area contributed by atoms with E-state index < -0.39 is 12.0 Å². The standard InChI is InChI=1S/C11H24N2O2/c1-10(2,3)8(9(14)15)12-7-13-11(4,5)6/h8,12-13H,7H2,1-6H3,(H,14,15). The molecular formula is C11H24N2O2. The van der Waals surface area contributed by atoms with E-state index >= 15 is 0 Å². The van der Waals surface area contributed by atoms with Gasteiger partial charge in [-0.3, -0.25) is 15.4 Å². The van der Waals surface area contributed by atoms with E-state index in [4.69, 9.17) is 5.11 Å². The zero-order valence-electron chi connectivity index (χ0n) is 10.6. The van der Waals surface area contributed by atoms with Crippen LogP contribution in [0.15, 0.2) is 0 Å². The molecule has 0 aromatic rings. The maximum Gasteiger partial charge on any atom is 0.321 e. The third-order valence-corrected chi connectivity index (χ3v) is 2.04. The van der Waals surface area contributed by atoms with E-state index in [2.05, 4.69) is 10.6 Å². The molecule has 0 aliphatic carbocycles. The van der Waals surface area contributed by atoms with Crippen LogP contribution in [-0.2, 0) is 4.79 Å². The summed E-state index contributed by atoms with van der Waals surface area (Å²) in [6, 6.07) is -0.535.